The number of aryl methyl sites for hydroxylation is 2. The molecule has 0 bridgehead atoms. The van der Waals surface area contributed by atoms with E-state index < -0.39 is 34.3 Å². The summed E-state index contributed by atoms with van der Waals surface area (Å²) in [5, 5.41) is 2.85. The fourth-order valence-corrected chi connectivity index (χ4v) is 5.64. The van der Waals surface area contributed by atoms with E-state index in [0.717, 1.165) is 15.4 Å². The molecule has 0 saturated carbocycles. The number of halogens is 1. The highest BCUT2D eigenvalue weighted by molar-refractivity contribution is 7.92. The van der Waals surface area contributed by atoms with Crippen LogP contribution in [-0.2, 0) is 26.2 Å². The Labute approximate surface area is 230 Å². The van der Waals surface area contributed by atoms with E-state index in [4.69, 9.17) is 0 Å². The standard InChI is InChI=1S/C30H36FN3O4S/c1-6-28(30(36)32-21(2)3)33(19-24-13-15-25(31)16-14-24)29(35)20-34(26-17-12-22(4)23(5)18-26)39(37,38)27-10-8-7-9-11-27/h7-18,21,28H,6,19-20H2,1-5H3,(H,32,36)/t28-/m0/s1. The zero-order valence-electron chi connectivity index (χ0n) is 23.0. The molecule has 0 spiro atoms. The average Bonchev–Trinajstić information content (AvgIpc) is 2.90. The zero-order valence-corrected chi connectivity index (χ0v) is 23.8. The number of hydrogen-bond donors (Lipinski definition) is 1. The SMILES string of the molecule is CC[C@@H](C(=O)NC(C)C)N(Cc1ccc(F)cc1)C(=O)CN(c1ccc(C)c(C)c1)S(=O)(=O)c1ccccc1. The molecule has 0 aliphatic carbocycles. The minimum Gasteiger partial charge on any atom is -0.352 e. The first kappa shape index (κ1) is 29.8. The summed E-state index contributed by atoms with van der Waals surface area (Å²) in [6.45, 7) is 8.72. The van der Waals surface area contributed by atoms with Crippen molar-refractivity contribution in [1.82, 2.24) is 10.2 Å². The summed E-state index contributed by atoms with van der Waals surface area (Å²) in [5.41, 5.74) is 2.82. The van der Waals surface area contributed by atoms with Gasteiger partial charge < -0.3 is 10.2 Å². The van der Waals surface area contributed by atoms with Gasteiger partial charge in [0.1, 0.15) is 18.4 Å². The van der Waals surface area contributed by atoms with Crippen LogP contribution in [0.15, 0.2) is 77.7 Å². The summed E-state index contributed by atoms with van der Waals surface area (Å²) in [6.07, 6.45) is 0.306. The first-order valence-electron chi connectivity index (χ1n) is 12.9. The normalized spacial score (nSPS) is 12.2. The van der Waals surface area contributed by atoms with E-state index in [1.807, 2.05) is 33.8 Å². The third kappa shape index (κ3) is 7.44. The number of nitrogens with one attached hydrogen (secondary N) is 1. The van der Waals surface area contributed by atoms with E-state index in [0.29, 0.717) is 17.7 Å². The smallest absolute Gasteiger partial charge is 0.264 e. The number of benzene rings is 3. The summed E-state index contributed by atoms with van der Waals surface area (Å²) in [7, 11) is -4.13. The predicted molar refractivity (Wildman–Crippen MR) is 151 cm³/mol. The van der Waals surface area contributed by atoms with Crippen LogP contribution >= 0.6 is 0 Å². The summed E-state index contributed by atoms with van der Waals surface area (Å²) in [4.78, 5) is 28.5. The highest BCUT2D eigenvalue weighted by atomic mass is 32.2. The van der Waals surface area contributed by atoms with E-state index in [1.54, 1.807) is 49.4 Å². The minimum atomic E-state index is -4.13. The quantitative estimate of drug-likeness (QED) is 0.363. The molecule has 208 valence electrons. The van der Waals surface area contributed by atoms with Crippen LogP contribution < -0.4 is 9.62 Å². The second-order valence-corrected chi connectivity index (χ2v) is 11.7. The van der Waals surface area contributed by atoms with Gasteiger partial charge in [0.15, 0.2) is 0 Å². The molecule has 1 atom stereocenters. The van der Waals surface area contributed by atoms with Crippen molar-refractivity contribution in [2.24, 2.45) is 0 Å². The molecule has 39 heavy (non-hydrogen) atoms. The molecule has 0 heterocycles. The van der Waals surface area contributed by atoms with E-state index in [9.17, 15) is 22.4 Å². The second kappa shape index (κ2) is 12.9. The summed E-state index contributed by atoms with van der Waals surface area (Å²) < 4.78 is 42.3. The lowest BCUT2D eigenvalue weighted by molar-refractivity contribution is -0.140. The van der Waals surface area contributed by atoms with Gasteiger partial charge in [-0.3, -0.25) is 13.9 Å². The van der Waals surface area contributed by atoms with Crippen LogP contribution in [0, 0.1) is 19.7 Å². The average molecular weight is 554 g/mol. The Bertz CT molecular complexity index is 1390. The number of sulfonamides is 1. The number of carbonyl (C=O) groups is 2. The van der Waals surface area contributed by atoms with Crippen molar-refractivity contribution in [3.05, 3.63) is 95.3 Å². The third-order valence-electron chi connectivity index (χ3n) is 6.47. The molecule has 3 aromatic rings. The molecule has 3 rings (SSSR count). The molecule has 0 aromatic heterocycles. The third-order valence-corrected chi connectivity index (χ3v) is 8.26. The van der Waals surface area contributed by atoms with E-state index in [2.05, 4.69) is 5.32 Å². The van der Waals surface area contributed by atoms with Gasteiger partial charge in [-0.25, -0.2) is 12.8 Å². The lowest BCUT2D eigenvalue weighted by atomic mass is 10.1. The molecule has 0 unspecified atom stereocenters. The van der Waals surface area contributed by atoms with Crippen LogP contribution in [-0.4, -0.2) is 43.8 Å². The Morgan fingerprint density at radius 2 is 1.56 bits per heavy atom. The van der Waals surface area contributed by atoms with Crippen molar-refractivity contribution in [2.45, 2.75) is 64.6 Å². The first-order valence-corrected chi connectivity index (χ1v) is 14.4. The maximum Gasteiger partial charge on any atom is 0.264 e. The largest absolute Gasteiger partial charge is 0.352 e. The van der Waals surface area contributed by atoms with Crippen LogP contribution in [0.5, 0.6) is 0 Å². The summed E-state index contributed by atoms with van der Waals surface area (Å²) in [6, 6.07) is 17.8. The number of carbonyl (C=O) groups excluding carboxylic acids is 2. The van der Waals surface area contributed by atoms with Crippen LogP contribution in [0.3, 0.4) is 0 Å². The van der Waals surface area contributed by atoms with E-state index in [1.165, 1.54) is 29.2 Å². The Hall–Kier alpha value is -3.72. The van der Waals surface area contributed by atoms with Crippen molar-refractivity contribution < 1.29 is 22.4 Å². The molecule has 0 aliphatic rings. The predicted octanol–water partition coefficient (Wildman–Crippen LogP) is 4.97. The van der Waals surface area contributed by atoms with Crippen molar-refractivity contribution in [2.75, 3.05) is 10.8 Å². The Balaban J connectivity index is 2.07. The summed E-state index contributed by atoms with van der Waals surface area (Å²) >= 11 is 0. The van der Waals surface area contributed by atoms with Crippen molar-refractivity contribution >= 4 is 27.5 Å². The lowest BCUT2D eigenvalue weighted by Gasteiger charge is -2.33. The number of nitrogens with zero attached hydrogens (tertiary/aromatic N) is 2. The number of amides is 2. The van der Waals surface area contributed by atoms with Crippen molar-refractivity contribution in [3.63, 3.8) is 0 Å². The first-order chi connectivity index (χ1) is 18.4. The molecule has 7 nitrogen and oxygen atoms in total. The maximum atomic E-state index is 14.0. The second-order valence-electron chi connectivity index (χ2n) is 9.83. The van der Waals surface area contributed by atoms with Gasteiger partial charge in [0.2, 0.25) is 11.8 Å². The topological polar surface area (TPSA) is 86.8 Å². The van der Waals surface area contributed by atoms with Gasteiger partial charge in [-0.2, -0.15) is 0 Å². The molecule has 0 fully saturated rings. The monoisotopic (exact) mass is 553 g/mol. The Kier molecular flexibility index (Phi) is 9.86. The van der Waals surface area contributed by atoms with Gasteiger partial charge >= 0.3 is 0 Å². The van der Waals surface area contributed by atoms with Gasteiger partial charge in [0.25, 0.3) is 10.0 Å². The molecular formula is C30H36FN3O4S. The van der Waals surface area contributed by atoms with Crippen molar-refractivity contribution in [1.29, 1.82) is 0 Å². The molecule has 2 amide bonds. The van der Waals surface area contributed by atoms with Gasteiger partial charge in [-0.15, -0.1) is 0 Å². The fourth-order valence-electron chi connectivity index (χ4n) is 4.22. The fraction of sp³-hybridized carbons (Fsp3) is 0.333. The molecule has 9 heteroatoms. The molecule has 0 radical (unpaired) electrons. The Morgan fingerprint density at radius 3 is 2.13 bits per heavy atom. The van der Waals surface area contributed by atoms with Gasteiger partial charge in [0, 0.05) is 12.6 Å². The van der Waals surface area contributed by atoms with Crippen LogP contribution in [0.25, 0.3) is 0 Å². The number of anilines is 1. The van der Waals surface area contributed by atoms with Crippen molar-refractivity contribution in [3.8, 4) is 0 Å². The van der Waals surface area contributed by atoms with Crippen LogP contribution in [0.2, 0.25) is 0 Å². The maximum absolute atomic E-state index is 14.0. The molecule has 0 aliphatic heterocycles. The number of hydrogen-bond acceptors (Lipinski definition) is 4. The molecule has 1 N–H and O–H groups in total. The van der Waals surface area contributed by atoms with Gasteiger partial charge in [-0.1, -0.05) is 43.3 Å². The highest BCUT2D eigenvalue weighted by Gasteiger charge is 2.33. The van der Waals surface area contributed by atoms with Gasteiger partial charge in [-0.05, 0) is 87.2 Å². The van der Waals surface area contributed by atoms with Crippen LogP contribution in [0.4, 0.5) is 10.1 Å². The van der Waals surface area contributed by atoms with Crippen LogP contribution in [0.1, 0.15) is 43.9 Å². The zero-order chi connectivity index (χ0) is 28.7. The van der Waals surface area contributed by atoms with E-state index >= 15 is 0 Å². The molecular weight excluding hydrogens is 517 g/mol. The Morgan fingerprint density at radius 1 is 0.923 bits per heavy atom. The minimum absolute atomic E-state index is 0.00921. The number of rotatable bonds is 11. The molecule has 0 saturated heterocycles. The summed E-state index contributed by atoms with van der Waals surface area (Å²) in [5.74, 6) is -1.31. The van der Waals surface area contributed by atoms with Gasteiger partial charge in [0.05, 0.1) is 10.6 Å². The lowest BCUT2D eigenvalue weighted by Crippen LogP contribution is -2.53. The van der Waals surface area contributed by atoms with E-state index in [-0.39, 0.29) is 23.4 Å². The molecule has 3 aromatic carbocycles. The highest BCUT2D eigenvalue weighted by Crippen LogP contribution is 2.26.